The van der Waals surface area contributed by atoms with Crippen molar-refractivity contribution in [3.05, 3.63) is 21.9 Å². The molecule has 0 bridgehead atoms. The molecule has 19 heavy (non-hydrogen) atoms. The highest BCUT2D eigenvalue weighted by atomic mass is 32.1. The molecule has 2 amide bonds. The van der Waals surface area contributed by atoms with Crippen LogP contribution in [-0.4, -0.2) is 29.3 Å². The lowest BCUT2D eigenvalue weighted by Crippen LogP contribution is -2.60. The van der Waals surface area contributed by atoms with E-state index in [1.54, 1.807) is 16.2 Å². The molecule has 0 aliphatic carbocycles. The molecule has 2 heterocycles. The molecule has 0 aromatic carbocycles. The zero-order chi connectivity index (χ0) is 14.2. The van der Waals surface area contributed by atoms with Gasteiger partial charge in [0.2, 0.25) is 11.8 Å². The summed E-state index contributed by atoms with van der Waals surface area (Å²) in [7, 11) is 0. The molecule has 1 fully saturated rings. The number of carbonyl (C=O) groups excluding carboxylic acids is 2. The number of hydrogen-bond acceptors (Lipinski definition) is 3. The monoisotopic (exact) mass is 280 g/mol. The summed E-state index contributed by atoms with van der Waals surface area (Å²) in [5, 5.41) is 2.78. The van der Waals surface area contributed by atoms with Gasteiger partial charge in [-0.05, 0) is 31.9 Å². The van der Waals surface area contributed by atoms with Gasteiger partial charge in [-0.2, -0.15) is 0 Å². The zero-order valence-electron chi connectivity index (χ0n) is 11.8. The summed E-state index contributed by atoms with van der Waals surface area (Å²) in [6.07, 6.45) is 0. The van der Waals surface area contributed by atoms with E-state index >= 15 is 0 Å². The Morgan fingerprint density at radius 1 is 1.32 bits per heavy atom. The Bertz CT molecular complexity index is 495. The molecule has 2 atom stereocenters. The van der Waals surface area contributed by atoms with Crippen molar-refractivity contribution < 1.29 is 9.59 Å². The third-order valence-electron chi connectivity index (χ3n) is 3.49. The molecule has 2 unspecified atom stereocenters. The molecule has 104 valence electrons. The fraction of sp³-hybridized carbons (Fsp3) is 0.571. The molecule has 1 saturated heterocycles. The topological polar surface area (TPSA) is 49.4 Å². The number of aryl methyl sites for hydroxylation is 1. The molecule has 1 aliphatic heterocycles. The number of piperazine rings is 1. The fourth-order valence-corrected chi connectivity index (χ4v) is 3.25. The Hall–Kier alpha value is -1.36. The summed E-state index contributed by atoms with van der Waals surface area (Å²) >= 11 is 1.68. The van der Waals surface area contributed by atoms with Crippen molar-refractivity contribution in [2.75, 3.05) is 6.54 Å². The van der Waals surface area contributed by atoms with Crippen LogP contribution in [0.2, 0.25) is 0 Å². The predicted molar refractivity (Wildman–Crippen MR) is 76.0 cm³/mol. The number of carbonyl (C=O) groups is 2. The zero-order valence-corrected chi connectivity index (χ0v) is 12.6. The van der Waals surface area contributed by atoms with Gasteiger partial charge in [0.25, 0.3) is 0 Å². The number of nitrogens with one attached hydrogen (secondary N) is 1. The normalized spacial score (nSPS) is 21.7. The average Bonchev–Trinajstić information content (AvgIpc) is 2.77. The lowest BCUT2D eigenvalue weighted by atomic mass is 9.99. The molecule has 5 heteroatoms. The van der Waals surface area contributed by atoms with Crippen LogP contribution in [0.5, 0.6) is 0 Å². The summed E-state index contributed by atoms with van der Waals surface area (Å²) in [5.74, 6) is 0.0584. The van der Waals surface area contributed by atoms with E-state index in [1.165, 1.54) is 4.88 Å². The first kappa shape index (κ1) is 14.1. The first-order chi connectivity index (χ1) is 8.90. The van der Waals surface area contributed by atoms with Crippen LogP contribution in [0, 0.1) is 12.8 Å². The van der Waals surface area contributed by atoms with Crippen molar-refractivity contribution in [1.29, 1.82) is 0 Å². The highest BCUT2D eigenvalue weighted by Gasteiger charge is 2.37. The summed E-state index contributed by atoms with van der Waals surface area (Å²) in [5.41, 5.74) is 0. The first-order valence-electron chi connectivity index (χ1n) is 6.56. The SMILES string of the molecule is Cc1ccc(C(C)N2CC(=O)NC(C(C)C)C2=O)s1. The van der Waals surface area contributed by atoms with Crippen molar-refractivity contribution >= 4 is 23.2 Å². The van der Waals surface area contributed by atoms with Crippen LogP contribution in [-0.2, 0) is 9.59 Å². The average molecular weight is 280 g/mol. The van der Waals surface area contributed by atoms with Crippen molar-refractivity contribution in [2.24, 2.45) is 5.92 Å². The van der Waals surface area contributed by atoms with Gasteiger partial charge >= 0.3 is 0 Å². The van der Waals surface area contributed by atoms with Crippen molar-refractivity contribution in [3.8, 4) is 0 Å². The van der Waals surface area contributed by atoms with Gasteiger partial charge in [0, 0.05) is 9.75 Å². The third kappa shape index (κ3) is 2.81. The first-order valence-corrected chi connectivity index (χ1v) is 7.38. The summed E-state index contributed by atoms with van der Waals surface area (Å²) < 4.78 is 0. The summed E-state index contributed by atoms with van der Waals surface area (Å²) in [6.45, 7) is 8.08. The second kappa shape index (κ2) is 5.33. The highest BCUT2D eigenvalue weighted by Crippen LogP contribution is 2.29. The quantitative estimate of drug-likeness (QED) is 0.922. The number of rotatable bonds is 3. The summed E-state index contributed by atoms with van der Waals surface area (Å²) in [6, 6.07) is 3.64. The fourth-order valence-electron chi connectivity index (χ4n) is 2.30. The lowest BCUT2D eigenvalue weighted by molar-refractivity contribution is -0.147. The van der Waals surface area contributed by atoms with E-state index in [0.29, 0.717) is 0 Å². The Morgan fingerprint density at radius 3 is 2.53 bits per heavy atom. The maximum atomic E-state index is 12.4. The highest BCUT2D eigenvalue weighted by molar-refractivity contribution is 7.12. The summed E-state index contributed by atoms with van der Waals surface area (Å²) in [4.78, 5) is 28.3. The molecule has 0 saturated carbocycles. The van der Waals surface area contributed by atoms with Gasteiger partial charge in [-0.1, -0.05) is 13.8 Å². The van der Waals surface area contributed by atoms with Gasteiger partial charge in [-0.3, -0.25) is 9.59 Å². The van der Waals surface area contributed by atoms with Crippen LogP contribution in [0.15, 0.2) is 12.1 Å². The van der Waals surface area contributed by atoms with Crippen molar-refractivity contribution in [2.45, 2.75) is 39.8 Å². The van der Waals surface area contributed by atoms with Gasteiger partial charge < -0.3 is 10.2 Å². The third-order valence-corrected chi connectivity index (χ3v) is 4.66. The number of thiophene rings is 1. The number of amides is 2. The van der Waals surface area contributed by atoms with Crippen molar-refractivity contribution in [3.63, 3.8) is 0 Å². The molecule has 4 nitrogen and oxygen atoms in total. The van der Waals surface area contributed by atoms with Gasteiger partial charge in [-0.15, -0.1) is 11.3 Å². The van der Waals surface area contributed by atoms with Crippen LogP contribution in [0.3, 0.4) is 0 Å². The molecule has 1 N–H and O–H groups in total. The van der Waals surface area contributed by atoms with Crippen LogP contribution in [0.4, 0.5) is 0 Å². The molecular weight excluding hydrogens is 260 g/mol. The smallest absolute Gasteiger partial charge is 0.246 e. The number of nitrogens with zero attached hydrogens (tertiary/aromatic N) is 1. The lowest BCUT2D eigenvalue weighted by Gasteiger charge is -2.37. The van der Waals surface area contributed by atoms with E-state index in [1.807, 2.05) is 39.8 Å². The van der Waals surface area contributed by atoms with Gasteiger partial charge in [-0.25, -0.2) is 0 Å². The maximum absolute atomic E-state index is 12.4. The Morgan fingerprint density at radius 2 is 2.00 bits per heavy atom. The molecular formula is C14H20N2O2S. The molecule has 1 aliphatic rings. The largest absolute Gasteiger partial charge is 0.343 e. The van der Waals surface area contributed by atoms with Gasteiger partial charge in [0.15, 0.2) is 0 Å². The van der Waals surface area contributed by atoms with Crippen LogP contribution >= 0.6 is 11.3 Å². The van der Waals surface area contributed by atoms with Gasteiger partial charge in [0.05, 0.1) is 6.04 Å². The molecule has 0 radical (unpaired) electrons. The van der Waals surface area contributed by atoms with Gasteiger partial charge in [0.1, 0.15) is 12.6 Å². The molecule has 0 spiro atoms. The number of hydrogen-bond donors (Lipinski definition) is 1. The van der Waals surface area contributed by atoms with Crippen LogP contribution in [0.25, 0.3) is 0 Å². The minimum atomic E-state index is -0.398. The van der Waals surface area contributed by atoms with E-state index in [9.17, 15) is 9.59 Å². The van der Waals surface area contributed by atoms with E-state index in [-0.39, 0.29) is 30.3 Å². The minimum Gasteiger partial charge on any atom is -0.343 e. The van der Waals surface area contributed by atoms with E-state index in [4.69, 9.17) is 0 Å². The molecule has 1 aromatic heterocycles. The standard InChI is InChI=1S/C14H20N2O2S/c1-8(2)13-14(18)16(7-12(17)15-13)10(4)11-6-5-9(3)19-11/h5-6,8,10,13H,7H2,1-4H3,(H,15,17). The second-order valence-electron chi connectivity index (χ2n) is 5.38. The predicted octanol–water partition coefficient (Wildman–Crippen LogP) is 2.10. The Labute approximate surface area is 117 Å². The molecule has 1 aromatic rings. The Balaban J connectivity index is 2.22. The van der Waals surface area contributed by atoms with E-state index < -0.39 is 6.04 Å². The molecule has 2 rings (SSSR count). The van der Waals surface area contributed by atoms with Crippen LogP contribution in [0.1, 0.15) is 36.6 Å². The van der Waals surface area contributed by atoms with Crippen LogP contribution < -0.4 is 5.32 Å². The van der Waals surface area contributed by atoms with Crippen molar-refractivity contribution in [1.82, 2.24) is 10.2 Å². The minimum absolute atomic E-state index is 0.0214. The van der Waals surface area contributed by atoms with E-state index in [0.717, 1.165) is 4.88 Å². The Kier molecular flexibility index (Phi) is 3.94. The second-order valence-corrected chi connectivity index (χ2v) is 6.70. The van der Waals surface area contributed by atoms with E-state index in [2.05, 4.69) is 5.32 Å². The maximum Gasteiger partial charge on any atom is 0.246 e.